The van der Waals surface area contributed by atoms with E-state index >= 15 is 0 Å². The molecule has 2 N–H and O–H groups in total. The molecule has 2 aromatic heterocycles. The summed E-state index contributed by atoms with van der Waals surface area (Å²) >= 11 is 3.27. The van der Waals surface area contributed by atoms with Gasteiger partial charge in [-0.1, -0.05) is 6.42 Å². The summed E-state index contributed by atoms with van der Waals surface area (Å²) in [5.74, 6) is 1.51. The van der Waals surface area contributed by atoms with Crippen LogP contribution in [0.3, 0.4) is 0 Å². The van der Waals surface area contributed by atoms with Crippen LogP contribution in [0.25, 0.3) is 4.96 Å². The molecule has 1 fully saturated rings. The van der Waals surface area contributed by atoms with Gasteiger partial charge in [-0.25, -0.2) is 18.1 Å². The molecule has 21 heavy (non-hydrogen) atoms. The Bertz CT molecular complexity index is 716. The third kappa shape index (κ3) is 3.05. The number of nitrogens with zero attached hydrogens (tertiary/aromatic N) is 2. The van der Waals surface area contributed by atoms with Gasteiger partial charge in [-0.15, -0.1) is 11.3 Å². The number of anilines is 1. The Labute approximate surface area is 132 Å². The summed E-state index contributed by atoms with van der Waals surface area (Å²) in [4.78, 5) is 4.97. The third-order valence-corrected chi connectivity index (χ3v) is 7.09. The van der Waals surface area contributed by atoms with Gasteiger partial charge in [0.1, 0.15) is 0 Å². The van der Waals surface area contributed by atoms with E-state index in [2.05, 4.69) is 15.0 Å². The molecule has 1 aliphatic rings. The number of fused-ring (bicyclic) bond motifs is 1. The molecule has 2 aromatic rings. The van der Waals surface area contributed by atoms with Crippen LogP contribution < -0.4 is 10.0 Å². The van der Waals surface area contributed by atoms with Crippen LogP contribution in [0.2, 0.25) is 0 Å². The van der Waals surface area contributed by atoms with E-state index in [-0.39, 0.29) is 5.03 Å². The van der Waals surface area contributed by atoms with Crippen molar-refractivity contribution < 1.29 is 8.42 Å². The highest BCUT2D eigenvalue weighted by Crippen LogP contribution is 2.27. The van der Waals surface area contributed by atoms with Crippen molar-refractivity contribution in [3.63, 3.8) is 0 Å². The molecule has 1 unspecified atom stereocenters. The molecule has 9 heteroatoms. The van der Waals surface area contributed by atoms with Crippen LogP contribution >= 0.6 is 23.1 Å². The van der Waals surface area contributed by atoms with Gasteiger partial charge >= 0.3 is 0 Å². The van der Waals surface area contributed by atoms with Gasteiger partial charge in [-0.05, 0) is 18.6 Å². The first-order chi connectivity index (χ1) is 10.1. The van der Waals surface area contributed by atoms with E-state index in [4.69, 9.17) is 0 Å². The summed E-state index contributed by atoms with van der Waals surface area (Å²) in [6.07, 6.45) is 5.22. The molecule has 0 saturated carbocycles. The standard InChI is InChI=1S/C12H18N4O2S3/c1-13-10-11(16-5-7-20-12(16)15-10)21(17,18)14-8-9-4-2-3-6-19-9/h5,7,9,13-14H,2-4,6,8H2,1H3. The van der Waals surface area contributed by atoms with Gasteiger partial charge in [0.25, 0.3) is 10.0 Å². The first-order valence-electron chi connectivity index (χ1n) is 6.86. The van der Waals surface area contributed by atoms with Crippen LogP contribution in [-0.4, -0.2) is 42.4 Å². The normalized spacial score (nSPS) is 20.0. The lowest BCUT2D eigenvalue weighted by Crippen LogP contribution is -2.32. The maximum absolute atomic E-state index is 12.6. The predicted octanol–water partition coefficient (Wildman–Crippen LogP) is 2.00. The number of aromatic nitrogens is 2. The summed E-state index contributed by atoms with van der Waals surface area (Å²) in [6.45, 7) is 0.480. The van der Waals surface area contributed by atoms with E-state index in [1.165, 1.54) is 24.2 Å². The molecule has 1 atom stereocenters. The van der Waals surface area contributed by atoms with Gasteiger partial charge in [0.05, 0.1) is 0 Å². The lowest BCUT2D eigenvalue weighted by atomic mass is 10.2. The number of thioether (sulfide) groups is 1. The summed E-state index contributed by atoms with van der Waals surface area (Å²) in [6, 6.07) is 0. The Hall–Kier alpha value is -0.770. The Balaban J connectivity index is 1.83. The van der Waals surface area contributed by atoms with Gasteiger partial charge in [0.15, 0.2) is 15.8 Å². The van der Waals surface area contributed by atoms with Crippen LogP contribution in [0.5, 0.6) is 0 Å². The van der Waals surface area contributed by atoms with Gasteiger partial charge in [0, 0.05) is 30.4 Å². The minimum absolute atomic E-state index is 0.196. The second-order valence-corrected chi connectivity index (χ2v) is 8.88. The fraction of sp³-hybridized carbons (Fsp3) is 0.583. The van der Waals surface area contributed by atoms with Gasteiger partial charge in [0.2, 0.25) is 0 Å². The highest BCUT2D eigenvalue weighted by atomic mass is 32.2. The maximum Gasteiger partial charge on any atom is 0.260 e. The zero-order valence-corrected chi connectivity index (χ0v) is 14.2. The minimum Gasteiger partial charge on any atom is -0.371 e. The first-order valence-corrected chi connectivity index (χ1v) is 10.3. The topological polar surface area (TPSA) is 75.5 Å². The number of nitrogens with one attached hydrogen (secondary N) is 2. The minimum atomic E-state index is -3.57. The fourth-order valence-corrected chi connectivity index (χ4v) is 5.91. The molecule has 116 valence electrons. The molecular weight excluding hydrogens is 328 g/mol. The summed E-state index contributed by atoms with van der Waals surface area (Å²) in [5, 5.41) is 5.27. The van der Waals surface area contributed by atoms with E-state index in [1.54, 1.807) is 17.6 Å². The fourth-order valence-electron chi connectivity index (χ4n) is 2.42. The predicted molar refractivity (Wildman–Crippen MR) is 87.9 cm³/mol. The zero-order valence-electron chi connectivity index (χ0n) is 11.7. The molecule has 0 bridgehead atoms. The van der Waals surface area contributed by atoms with E-state index in [9.17, 15) is 8.42 Å². The van der Waals surface area contributed by atoms with Crippen LogP contribution in [0, 0.1) is 0 Å². The second-order valence-electron chi connectivity index (χ2n) is 4.91. The molecule has 0 aromatic carbocycles. The van der Waals surface area contributed by atoms with Crippen molar-refractivity contribution in [1.29, 1.82) is 0 Å². The van der Waals surface area contributed by atoms with E-state index in [0.717, 1.165) is 12.2 Å². The zero-order chi connectivity index (χ0) is 14.9. The number of imidazole rings is 1. The van der Waals surface area contributed by atoms with Crippen LogP contribution in [0.1, 0.15) is 19.3 Å². The number of thiazole rings is 1. The molecule has 0 amide bonds. The second kappa shape index (κ2) is 6.15. The largest absolute Gasteiger partial charge is 0.371 e. The lowest BCUT2D eigenvalue weighted by molar-refractivity contribution is 0.570. The SMILES string of the molecule is CNc1nc2sccn2c1S(=O)(=O)NCC1CCCCS1. The molecule has 6 nitrogen and oxygen atoms in total. The Morgan fingerprint density at radius 2 is 2.33 bits per heavy atom. The Morgan fingerprint density at radius 1 is 1.48 bits per heavy atom. The van der Waals surface area contributed by atoms with Crippen LogP contribution in [0.4, 0.5) is 5.82 Å². The number of hydrogen-bond donors (Lipinski definition) is 2. The monoisotopic (exact) mass is 346 g/mol. The number of sulfonamides is 1. The Morgan fingerprint density at radius 3 is 3.05 bits per heavy atom. The van der Waals surface area contributed by atoms with Crippen molar-refractivity contribution in [2.75, 3.05) is 24.7 Å². The average molecular weight is 347 g/mol. The van der Waals surface area contributed by atoms with Crippen LogP contribution in [0.15, 0.2) is 16.6 Å². The molecule has 0 spiro atoms. The quantitative estimate of drug-likeness (QED) is 0.866. The average Bonchev–Trinajstić information content (AvgIpc) is 3.06. The van der Waals surface area contributed by atoms with Crippen molar-refractivity contribution >= 4 is 43.9 Å². The Kier molecular flexibility index (Phi) is 4.43. The molecule has 1 saturated heterocycles. The molecule has 3 heterocycles. The van der Waals surface area contributed by atoms with Crippen LogP contribution in [-0.2, 0) is 10.0 Å². The molecule has 0 aliphatic carbocycles. The first kappa shape index (κ1) is 15.1. The molecule has 0 radical (unpaired) electrons. The van der Waals surface area contributed by atoms with Crippen molar-refractivity contribution in [3.8, 4) is 0 Å². The van der Waals surface area contributed by atoms with E-state index < -0.39 is 10.0 Å². The lowest BCUT2D eigenvalue weighted by Gasteiger charge is -2.21. The van der Waals surface area contributed by atoms with E-state index in [1.807, 2.05) is 17.1 Å². The summed E-state index contributed by atoms with van der Waals surface area (Å²) in [7, 11) is -1.89. The highest BCUT2D eigenvalue weighted by molar-refractivity contribution is 8.00. The third-order valence-electron chi connectivity index (χ3n) is 3.48. The van der Waals surface area contributed by atoms with Gasteiger partial charge in [-0.3, -0.25) is 4.40 Å². The van der Waals surface area contributed by atoms with Crippen molar-refractivity contribution in [2.24, 2.45) is 0 Å². The summed E-state index contributed by atoms with van der Waals surface area (Å²) in [5.41, 5.74) is 0. The van der Waals surface area contributed by atoms with Gasteiger partial charge in [-0.2, -0.15) is 11.8 Å². The number of rotatable bonds is 5. The molecule has 1 aliphatic heterocycles. The summed E-state index contributed by atoms with van der Waals surface area (Å²) < 4.78 is 29.6. The van der Waals surface area contributed by atoms with Crippen molar-refractivity contribution in [3.05, 3.63) is 11.6 Å². The maximum atomic E-state index is 12.6. The smallest absolute Gasteiger partial charge is 0.260 e. The molecular formula is C12H18N4O2S3. The van der Waals surface area contributed by atoms with Gasteiger partial charge < -0.3 is 5.32 Å². The van der Waals surface area contributed by atoms with Crippen molar-refractivity contribution in [2.45, 2.75) is 29.5 Å². The van der Waals surface area contributed by atoms with Crippen molar-refractivity contribution in [1.82, 2.24) is 14.1 Å². The van der Waals surface area contributed by atoms with E-state index in [0.29, 0.717) is 22.6 Å². The molecule has 3 rings (SSSR count). The highest BCUT2D eigenvalue weighted by Gasteiger charge is 2.26. The number of hydrogen-bond acceptors (Lipinski definition) is 6.